The summed E-state index contributed by atoms with van der Waals surface area (Å²) in [4.78, 5) is 21.4. The maximum Gasteiger partial charge on any atom is 0.337 e. The van der Waals surface area contributed by atoms with E-state index >= 15 is 0 Å². The number of carboxylic acids is 2. The number of hydrogen-bond acceptors (Lipinski definition) is 4. The van der Waals surface area contributed by atoms with E-state index in [1.807, 2.05) is 0 Å². The van der Waals surface area contributed by atoms with Crippen LogP contribution in [0.4, 0.5) is 0 Å². The molecule has 0 bridgehead atoms. The maximum absolute atomic E-state index is 12.6. The molecule has 0 radical (unpaired) electrons. The highest BCUT2D eigenvalue weighted by atomic mass is 32.2. The molecule has 0 fully saturated rings. The summed E-state index contributed by atoms with van der Waals surface area (Å²) in [5, 5.41) is 18.1. The van der Waals surface area contributed by atoms with Crippen molar-refractivity contribution in [2.75, 3.05) is 0 Å². The lowest BCUT2D eigenvalue weighted by atomic mass is 10.2. The van der Waals surface area contributed by atoms with E-state index in [9.17, 15) is 18.0 Å². The predicted octanol–water partition coefficient (Wildman–Crippen LogP) is 1.000. The Labute approximate surface area is 142 Å². The van der Waals surface area contributed by atoms with Crippen LogP contribution in [0.25, 0.3) is 0 Å². The molecule has 0 aromatic heterocycles. The Hall–Kier alpha value is -1.90. The lowest BCUT2D eigenvalue weighted by Crippen LogP contribution is -2.13. The molecule has 0 atom stereocenters. The Morgan fingerprint density at radius 3 is 1.36 bits per heavy atom. The maximum atomic E-state index is 12.6. The minimum atomic E-state index is -4.25. The van der Waals surface area contributed by atoms with Crippen LogP contribution in [0.15, 0.2) is 58.3 Å². The highest BCUT2D eigenvalue weighted by Gasteiger charge is 2.27. The van der Waals surface area contributed by atoms with E-state index in [1.54, 1.807) is 0 Å². The zero-order valence-corrected chi connectivity index (χ0v) is 11.4. The van der Waals surface area contributed by atoms with Crippen molar-refractivity contribution in [3.63, 3.8) is 0 Å². The average Bonchev–Trinajstić information content (AvgIpc) is 2.47. The number of aromatic carboxylic acids is 2. The van der Waals surface area contributed by atoms with Gasteiger partial charge in [-0.2, -0.15) is 0 Å². The Morgan fingerprint density at radius 2 is 1.05 bits per heavy atom. The topological polar surface area (TPSA) is 109 Å². The second-order valence-electron chi connectivity index (χ2n) is 4.11. The quantitative estimate of drug-likeness (QED) is 0.808. The van der Waals surface area contributed by atoms with Crippen LogP contribution in [0.2, 0.25) is 0 Å². The largest absolute Gasteiger partial charge is 0.478 e. The summed E-state index contributed by atoms with van der Waals surface area (Å²) in [5.74, 6) is -2.80. The summed E-state index contributed by atoms with van der Waals surface area (Å²) in [6, 6.07) is 10.1. The van der Waals surface area contributed by atoms with Crippen molar-refractivity contribution in [3.8, 4) is 0 Å². The van der Waals surface area contributed by atoms with Gasteiger partial charge in [-0.15, -0.1) is 0 Å². The van der Waals surface area contributed by atoms with Crippen LogP contribution in [0, 0.1) is 0 Å². The number of hydrogen-bond donors (Lipinski definition) is 2. The van der Waals surface area contributed by atoms with Crippen molar-refractivity contribution < 1.29 is 28.2 Å². The fourth-order valence-electron chi connectivity index (χ4n) is 1.87. The molecule has 0 saturated heterocycles. The van der Waals surface area contributed by atoms with Gasteiger partial charge in [0.25, 0.3) is 0 Å². The van der Waals surface area contributed by atoms with Crippen LogP contribution < -0.4 is 0 Å². The van der Waals surface area contributed by atoms with Gasteiger partial charge in [-0.05, 0) is 24.3 Å². The van der Waals surface area contributed by atoms with Gasteiger partial charge in [-0.1, -0.05) is 24.3 Å². The first-order valence-electron chi connectivity index (χ1n) is 5.75. The molecule has 112 valence electrons. The van der Waals surface area contributed by atoms with Crippen LogP contribution in [-0.2, 0) is 9.84 Å². The molecule has 0 amide bonds. The minimum absolute atomic E-state index is 0. The molecule has 0 saturated carbocycles. The summed E-state index contributed by atoms with van der Waals surface area (Å²) in [7, 11) is -4.25. The molecule has 6 nitrogen and oxygen atoms in total. The first kappa shape index (κ1) is 18.1. The molecule has 2 aromatic carbocycles. The van der Waals surface area contributed by atoms with Gasteiger partial charge in [0.2, 0.25) is 9.84 Å². The molecule has 2 N–H and O–H groups in total. The van der Waals surface area contributed by atoms with Gasteiger partial charge >= 0.3 is 35.0 Å². The Morgan fingerprint density at radius 1 is 0.727 bits per heavy atom. The first-order chi connectivity index (χ1) is 9.85. The Bertz CT molecular complexity index is 765. The molecule has 0 aliphatic heterocycles. The van der Waals surface area contributed by atoms with Crippen molar-refractivity contribution in [2.24, 2.45) is 0 Å². The number of sulfone groups is 1. The molecule has 2 aromatic rings. The second kappa shape index (κ2) is 6.90. The highest BCUT2D eigenvalue weighted by Crippen LogP contribution is 2.26. The van der Waals surface area contributed by atoms with E-state index in [0.29, 0.717) is 0 Å². The summed E-state index contributed by atoms with van der Waals surface area (Å²) < 4.78 is 25.1. The zero-order chi connectivity index (χ0) is 15.6. The fourth-order valence-corrected chi connectivity index (χ4v) is 3.52. The van der Waals surface area contributed by atoms with Gasteiger partial charge < -0.3 is 10.2 Å². The van der Waals surface area contributed by atoms with Crippen molar-refractivity contribution in [2.45, 2.75) is 9.79 Å². The standard InChI is InChI=1S/C14H10O6S.Mg.2H/c15-13(16)9-5-1-3-7-11(9)21(19,20)12-8-4-2-6-10(12)14(17)18;;;/h1-8H,(H,15,16)(H,17,18);;;. The number of carboxylic acid groups (broad SMARTS) is 2. The van der Waals surface area contributed by atoms with Crippen LogP contribution in [0.1, 0.15) is 20.7 Å². The number of benzene rings is 2. The van der Waals surface area contributed by atoms with Gasteiger partial charge in [-0.3, -0.25) is 0 Å². The lowest BCUT2D eigenvalue weighted by Gasteiger charge is -2.10. The van der Waals surface area contributed by atoms with E-state index in [-0.39, 0.29) is 23.1 Å². The second-order valence-corrected chi connectivity index (χ2v) is 5.99. The van der Waals surface area contributed by atoms with Crippen molar-refractivity contribution in [1.29, 1.82) is 0 Å². The van der Waals surface area contributed by atoms with E-state index in [2.05, 4.69) is 0 Å². The number of rotatable bonds is 4. The average molecular weight is 333 g/mol. The highest BCUT2D eigenvalue weighted by molar-refractivity contribution is 7.91. The summed E-state index contributed by atoms with van der Waals surface area (Å²) in [6.45, 7) is 0. The third-order valence-corrected chi connectivity index (χ3v) is 4.68. The Balaban J connectivity index is 0.00000242. The van der Waals surface area contributed by atoms with E-state index in [4.69, 9.17) is 10.2 Å². The fraction of sp³-hybridized carbons (Fsp3) is 0. The molecular formula is C14H12MgO6S. The smallest absolute Gasteiger partial charge is 0.337 e. The number of carbonyl (C=O) groups is 2. The SMILES string of the molecule is O=C(O)c1ccccc1S(=O)(=O)c1ccccc1C(=O)O.[MgH2]. The van der Waals surface area contributed by atoms with Gasteiger partial charge in [0.15, 0.2) is 0 Å². The van der Waals surface area contributed by atoms with Gasteiger partial charge in [-0.25, -0.2) is 18.0 Å². The lowest BCUT2D eigenvalue weighted by molar-refractivity contribution is 0.0683. The summed E-state index contributed by atoms with van der Waals surface area (Å²) in [5.41, 5.74) is -0.810. The van der Waals surface area contributed by atoms with E-state index in [1.165, 1.54) is 24.3 Å². The van der Waals surface area contributed by atoms with Crippen LogP contribution >= 0.6 is 0 Å². The van der Waals surface area contributed by atoms with E-state index in [0.717, 1.165) is 24.3 Å². The molecular weight excluding hydrogens is 321 g/mol. The molecule has 2 rings (SSSR count). The minimum Gasteiger partial charge on any atom is -0.478 e. The zero-order valence-electron chi connectivity index (χ0n) is 10.6. The Kier molecular flexibility index (Phi) is 5.69. The normalized spacial score (nSPS) is 10.5. The molecule has 0 aliphatic carbocycles. The van der Waals surface area contributed by atoms with E-state index < -0.39 is 42.7 Å². The monoisotopic (exact) mass is 332 g/mol. The summed E-state index contributed by atoms with van der Waals surface area (Å²) in [6.07, 6.45) is 0. The van der Waals surface area contributed by atoms with Crippen LogP contribution in [0.5, 0.6) is 0 Å². The van der Waals surface area contributed by atoms with Crippen molar-refractivity contribution >= 4 is 44.8 Å². The molecule has 0 unspecified atom stereocenters. The summed E-state index contributed by atoms with van der Waals surface area (Å²) >= 11 is 0. The van der Waals surface area contributed by atoms with Crippen molar-refractivity contribution in [1.82, 2.24) is 0 Å². The van der Waals surface area contributed by atoms with Gasteiger partial charge in [0.1, 0.15) is 0 Å². The molecule has 22 heavy (non-hydrogen) atoms. The third kappa shape index (κ3) is 3.29. The van der Waals surface area contributed by atoms with Crippen LogP contribution in [0.3, 0.4) is 0 Å². The van der Waals surface area contributed by atoms with Crippen LogP contribution in [-0.4, -0.2) is 53.6 Å². The third-order valence-electron chi connectivity index (χ3n) is 2.81. The van der Waals surface area contributed by atoms with Gasteiger partial charge in [0, 0.05) is 0 Å². The first-order valence-corrected chi connectivity index (χ1v) is 7.23. The molecule has 0 heterocycles. The van der Waals surface area contributed by atoms with Crippen molar-refractivity contribution in [3.05, 3.63) is 59.7 Å². The predicted molar refractivity (Wildman–Crippen MR) is 80.8 cm³/mol. The van der Waals surface area contributed by atoms with Gasteiger partial charge in [0.05, 0.1) is 20.9 Å². The molecule has 8 heteroatoms. The molecule has 0 aliphatic rings. The molecule has 0 spiro atoms.